The molecule has 1 N–H and O–H groups in total. The molecule has 0 spiro atoms. The van der Waals surface area contributed by atoms with Gasteiger partial charge in [0.15, 0.2) is 0 Å². The molecule has 5 rings (SSSR count). The summed E-state index contributed by atoms with van der Waals surface area (Å²) in [5.74, 6) is 2.77. The van der Waals surface area contributed by atoms with Gasteiger partial charge in [0.1, 0.15) is 5.75 Å². The molecule has 32 heavy (non-hydrogen) atoms. The Morgan fingerprint density at radius 1 is 1.12 bits per heavy atom. The van der Waals surface area contributed by atoms with Crippen LogP contribution in [0.4, 0.5) is 0 Å². The first-order chi connectivity index (χ1) is 15.3. The summed E-state index contributed by atoms with van der Waals surface area (Å²) < 4.78 is 5.30. The molecule has 0 saturated heterocycles. The van der Waals surface area contributed by atoms with Gasteiger partial charge >= 0.3 is 0 Å². The molecule has 0 radical (unpaired) electrons. The summed E-state index contributed by atoms with van der Waals surface area (Å²) in [4.78, 5) is 27.3. The highest BCUT2D eigenvalue weighted by molar-refractivity contribution is 5.94. The van der Waals surface area contributed by atoms with E-state index in [-0.39, 0.29) is 28.7 Å². The molecule has 1 heterocycles. The zero-order chi connectivity index (χ0) is 22.7. The Hall–Kier alpha value is -2.30. The van der Waals surface area contributed by atoms with E-state index in [0.717, 1.165) is 19.3 Å². The summed E-state index contributed by atoms with van der Waals surface area (Å²) in [5, 5.41) is 3.40. The van der Waals surface area contributed by atoms with Crippen LogP contribution in [0.5, 0.6) is 5.75 Å². The molecule has 3 aliphatic carbocycles. The third-order valence-corrected chi connectivity index (χ3v) is 9.76. The van der Waals surface area contributed by atoms with Gasteiger partial charge in [-0.3, -0.25) is 9.59 Å². The van der Waals surface area contributed by atoms with Gasteiger partial charge in [0.25, 0.3) is 5.91 Å². The summed E-state index contributed by atoms with van der Waals surface area (Å²) in [7, 11) is 3.60. The number of hydrogen-bond donors (Lipinski definition) is 1. The highest BCUT2D eigenvalue weighted by Crippen LogP contribution is 2.63. The van der Waals surface area contributed by atoms with Crippen molar-refractivity contribution in [3.63, 3.8) is 0 Å². The van der Waals surface area contributed by atoms with Crippen molar-refractivity contribution in [2.75, 3.05) is 14.2 Å². The van der Waals surface area contributed by atoms with Crippen LogP contribution < -0.4 is 10.1 Å². The van der Waals surface area contributed by atoms with E-state index in [9.17, 15) is 9.59 Å². The molecule has 1 aromatic rings. The molecule has 3 fully saturated rings. The number of fused-ring (bicyclic) bond motifs is 5. The number of benzene rings is 1. The normalized spacial score (nSPS) is 40.3. The molecule has 0 unspecified atom stereocenters. The van der Waals surface area contributed by atoms with Crippen LogP contribution in [-0.4, -0.2) is 43.0 Å². The van der Waals surface area contributed by atoms with E-state index in [0.29, 0.717) is 35.1 Å². The first kappa shape index (κ1) is 21.5. The second kappa shape index (κ2) is 7.64. The smallest absolute Gasteiger partial charge is 0.251 e. The van der Waals surface area contributed by atoms with E-state index in [1.54, 1.807) is 13.2 Å². The molecule has 4 aliphatic rings. The summed E-state index contributed by atoms with van der Waals surface area (Å²) in [6, 6.07) is 7.94. The summed E-state index contributed by atoms with van der Waals surface area (Å²) in [6.07, 6.45) is 10.8. The third kappa shape index (κ3) is 3.11. The van der Waals surface area contributed by atoms with Crippen LogP contribution in [0.25, 0.3) is 0 Å². The molecule has 0 bridgehead atoms. The number of nitrogens with one attached hydrogen (secondary N) is 1. The Morgan fingerprint density at radius 3 is 2.72 bits per heavy atom. The lowest BCUT2D eigenvalue weighted by Gasteiger charge is -2.60. The third-order valence-electron chi connectivity index (χ3n) is 9.76. The maximum absolute atomic E-state index is 13.1. The van der Waals surface area contributed by atoms with E-state index in [1.807, 2.05) is 36.2 Å². The first-order valence-corrected chi connectivity index (χ1v) is 12.2. The van der Waals surface area contributed by atoms with Gasteiger partial charge in [0, 0.05) is 30.1 Å². The van der Waals surface area contributed by atoms with Gasteiger partial charge < -0.3 is 15.0 Å². The lowest BCUT2D eigenvalue weighted by atomic mass is 9.48. The number of amides is 2. The number of likely N-dealkylation sites (N-methyl/N-ethyl adjacent to an activating group) is 1. The van der Waals surface area contributed by atoms with Crippen LogP contribution in [0.2, 0.25) is 0 Å². The monoisotopic (exact) mass is 436 g/mol. The predicted octanol–water partition coefficient (Wildman–Crippen LogP) is 4.43. The molecule has 5 nitrogen and oxygen atoms in total. The molecule has 172 valence electrons. The molecule has 2 amide bonds. The van der Waals surface area contributed by atoms with Gasteiger partial charge in [0.05, 0.1) is 7.11 Å². The van der Waals surface area contributed by atoms with Gasteiger partial charge in [-0.2, -0.15) is 0 Å². The van der Waals surface area contributed by atoms with Crippen LogP contribution in [-0.2, 0) is 4.79 Å². The van der Waals surface area contributed by atoms with Crippen LogP contribution in [0.1, 0.15) is 62.7 Å². The van der Waals surface area contributed by atoms with Crippen molar-refractivity contribution >= 4 is 11.8 Å². The van der Waals surface area contributed by atoms with E-state index in [2.05, 4.69) is 25.2 Å². The summed E-state index contributed by atoms with van der Waals surface area (Å²) in [5.41, 5.74) is 0.867. The fourth-order valence-corrected chi connectivity index (χ4v) is 7.98. The molecular weight excluding hydrogens is 400 g/mol. The molecule has 3 saturated carbocycles. The SMILES string of the molecule is COc1cccc(C(=O)N[C@H]2CC[C@H]3[C@@H]4CC[C@H]5N(C)C(=O)C=C[C@]5(C)[C@H]4CC[C@]23C)c1. The molecule has 1 aromatic carbocycles. The van der Waals surface area contributed by atoms with Crippen LogP contribution >= 0.6 is 0 Å². The summed E-state index contributed by atoms with van der Waals surface area (Å²) in [6.45, 7) is 4.80. The van der Waals surface area contributed by atoms with Crippen molar-refractivity contribution in [1.82, 2.24) is 10.2 Å². The lowest BCUT2D eigenvalue weighted by Crippen LogP contribution is -2.60. The number of carbonyl (C=O) groups excluding carboxylic acids is 2. The minimum Gasteiger partial charge on any atom is -0.497 e. The highest BCUT2D eigenvalue weighted by atomic mass is 16.5. The Labute approximate surface area is 191 Å². The maximum Gasteiger partial charge on any atom is 0.251 e. The Bertz CT molecular complexity index is 958. The van der Waals surface area contributed by atoms with E-state index < -0.39 is 0 Å². The number of rotatable bonds is 3. The molecule has 0 aromatic heterocycles. The van der Waals surface area contributed by atoms with Gasteiger partial charge in [0.2, 0.25) is 5.91 Å². The number of hydrogen-bond acceptors (Lipinski definition) is 3. The average molecular weight is 437 g/mol. The second-order valence-electron chi connectivity index (χ2n) is 11.0. The van der Waals surface area contributed by atoms with Crippen LogP contribution in [0.3, 0.4) is 0 Å². The van der Waals surface area contributed by atoms with E-state index in [4.69, 9.17) is 4.74 Å². The number of nitrogens with zero attached hydrogens (tertiary/aromatic N) is 1. The van der Waals surface area contributed by atoms with Gasteiger partial charge in [-0.15, -0.1) is 0 Å². The fourth-order valence-electron chi connectivity index (χ4n) is 7.98. The van der Waals surface area contributed by atoms with Crippen molar-refractivity contribution in [2.45, 2.75) is 64.5 Å². The highest BCUT2D eigenvalue weighted by Gasteiger charge is 2.60. The molecule has 1 aliphatic heterocycles. The van der Waals surface area contributed by atoms with E-state index >= 15 is 0 Å². The summed E-state index contributed by atoms with van der Waals surface area (Å²) >= 11 is 0. The quantitative estimate of drug-likeness (QED) is 0.762. The van der Waals surface area contributed by atoms with E-state index in [1.165, 1.54) is 19.3 Å². The number of ether oxygens (including phenoxy) is 1. The Morgan fingerprint density at radius 2 is 1.94 bits per heavy atom. The van der Waals surface area contributed by atoms with Crippen molar-refractivity contribution in [2.24, 2.45) is 28.6 Å². The second-order valence-corrected chi connectivity index (χ2v) is 11.0. The lowest BCUT2D eigenvalue weighted by molar-refractivity contribution is -0.138. The van der Waals surface area contributed by atoms with Gasteiger partial charge in [-0.25, -0.2) is 0 Å². The predicted molar refractivity (Wildman–Crippen MR) is 124 cm³/mol. The van der Waals surface area contributed by atoms with Gasteiger partial charge in [-0.1, -0.05) is 26.0 Å². The maximum atomic E-state index is 13.1. The minimum absolute atomic E-state index is 0.00363. The minimum atomic E-state index is 0.00363. The molecular formula is C27H36N2O3. The van der Waals surface area contributed by atoms with Crippen molar-refractivity contribution < 1.29 is 14.3 Å². The topological polar surface area (TPSA) is 58.6 Å². The molecule has 5 heteroatoms. The van der Waals surface area contributed by atoms with Crippen molar-refractivity contribution in [3.05, 3.63) is 42.0 Å². The van der Waals surface area contributed by atoms with Crippen molar-refractivity contribution in [1.29, 1.82) is 0 Å². The Kier molecular flexibility index (Phi) is 5.14. The molecule has 7 atom stereocenters. The number of methoxy groups -OCH3 is 1. The average Bonchev–Trinajstić information content (AvgIpc) is 3.12. The van der Waals surface area contributed by atoms with Crippen LogP contribution in [0, 0.1) is 28.6 Å². The largest absolute Gasteiger partial charge is 0.497 e. The standard InChI is InChI=1S/C27H36N2O3/c1-26-14-12-21-19(8-11-23-27(21,2)15-13-24(30)29(23)3)20(26)9-10-22(26)28-25(31)17-6-5-7-18(16-17)32-4/h5-7,13,15-16,19-23H,8-12,14H2,1-4H3,(H,28,31)/t19-,20-,21-,22-,23+,26-,27+/m0/s1. The van der Waals surface area contributed by atoms with Gasteiger partial charge in [-0.05, 0) is 86.0 Å². The Balaban J connectivity index is 1.35. The first-order valence-electron chi connectivity index (χ1n) is 12.2. The van der Waals surface area contributed by atoms with Crippen molar-refractivity contribution in [3.8, 4) is 5.75 Å². The zero-order valence-electron chi connectivity index (χ0n) is 19.8. The number of carbonyl (C=O) groups is 2. The fraction of sp³-hybridized carbons (Fsp3) is 0.630. The zero-order valence-corrected chi connectivity index (χ0v) is 19.8. The van der Waals surface area contributed by atoms with Crippen LogP contribution in [0.15, 0.2) is 36.4 Å².